The Bertz CT molecular complexity index is 824. The van der Waals surface area contributed by atoms with E-state index in [2.05, 4.69) is 33.2 Å². The number of para-hydroxylation sites is 1. The maximum Gasteiger partial charge on any atom is 0.329 e. The molecule has 148 valence electrons. The fourth-order valence-corrected chi connectivity index (χ4v) is 3.00. The van der Waals surface area contributed by atoms with Gasteiger partial charge in [-0.05, 0) is 46.2 Å². The van der Waals surface area contributed by atoms with Crippen molar-refractivity contribution in [2.45, 2.75) is 26.3 Å². The average molecular weight is 494 g/mol. The summed E-state index contributed by atoms with van der Waals surface area (Å²) in [6, 6.07) is 15.7. The van der Waals surface area contributed by atoms with Crippen LogP contribution in [0.1, 0.15) is 19.4 Å². The third-order valence-corrected chi connectivity index (χ3v) is 4.88. The Labute approximate surface area is 178 Å². The number of ether oxygens (including phenoxy) is 1. The minimum absolute atomic E-state index is 0.171. The molecule has 2 N–H and O–H groups in total. The lowest BCUT2D eigenvalue weighted by Crippen LogP contribution is -2.46. The van der Waals surface area contributed by atoms with E-state index in [0.717, 1.165) is 9.13 Å². The standard InChI is InChI=1S/C21H23IN2O4/c1-14(2)20(24-18(25)12-15-8-4-3-5-9-15)21(27)28-13-19(26)23-17-11-7-6-10-16(17)22/h3-11,14,20H,12-13H2,1-2H3,(H,23,26)(H,24,25). The molecule has 2 amide bonds. The van der Waals surface area contributed by atoms with Gasteiger partial charge in [-0.3, -0.25) is 9.59 Å². The number of halogens is 1. The van der Waals surface area contributed by atoms with Gasteiger partial charge in [0.15, 0.2) is 6.61 Å². The number of carbonyl (C=O) groups is 3. The van der Waals surface area contributed by atoms with E-state index in [1.54, 1.807) is 26.0 Å². The zero-order chi connectivity index (χ0) is 20.5. The second-order valence-electron chi connectivity index (χ2n) is 6.59. The third kappa shape index (κ3) is 6.95. The highest BCUT2D eigenvalue weighted by molar-refractivity contribution is 14.1. The van der Waals surface area contributed by atoms with Crippen LogP contribution in [-0.4, -0.2) is 30.4 Å². The lowest BCUT2D eigenvalue weighted by atomic mass is 10.0. The van der Waals surface area contributed by atoms with Gasteiger partial charge in [-0.15, -0.1) is 0 Å². The van der Waals surface area contributed by atoms with Crippen LogP contribution in [0.2, 0.25) is 0 Å². The van der Waals surface area contributed by atoms with Gasteiger partial charge in [0.2, 0.25) is 5.91 Å². The van der Waals surface area contributed by atoms with Crippen LogP contribution in [0, 0.1) is 9.49 Å². The molecule has 2 aromatic carbocycles. The van der Waals surface area contributed by atoms with Crippen LogP contribution >= 0.6 is 22.6 Å². The van der Waals surface area contributed by atoms with Crippen LogP contribution in [0.4, 0.5) is 5.69 Å². The minimum atomic E-state index is -0.819. The van der Waals surface area contributed by atoms with E-state index in [1.807, 2.05) is 42.5 Å². The molecule has 0 bridgehead atoms. The minimum Gasteiger partial charge on any atom is -0.454 e. The van der Waals surface area contributed by atoms with Gasteiger partial charge in [0, 0.05) is 3.57 Å². The van der Waals surface area contributed by atoms with E-state index in [4.69, 9.17) is 4.74 Å². The van der Waals surface area contributed by atoms with Crippen molar-refractivity contribution in [1.29, 1.82) is 0 Å². The number of hydrogen-bond acceptors (Lipinski definition) is 4. The smallest absolute Gasteiger partial charge is 0.329 e. The monoisotopic (exact) mass is 494 g/mol. The number of esters is 1. The van der Waals surface area contributed by atoms with E-state index < -0.39 is 24.5 Å². The largest absolute Gasteiger partial charge is 0.454 e. The summed E-state index contributed by atoms with van der Waals surface area (Å²) in [6.07, 6.45) is 0.171. The Kier molecular flexibility index (Phi) is 8.43. The van der Waals surface area contributed by atoms with Crippen LogP contribution in [0.15, 0.2) is 54.6 Å². The van der Waals surface area contributed by atoms with Crippen molar-refractivity contribution in [3.05, 3.63) is 63.7 Å². The van der Waals surface area contributed by atoms with Crippen LogP contribution in [0.3, 0.4) is 0 Å². The molecule has 6 nitrogen and oxygen atoms in total. The predicted octanol–water partition coefficient (Wildman–Crippen LogP) is 3.16. The van der Waals surface area contributed by atoms with Crippen LogP contribution in [0.5, 0.6) is 0 Å². The van der Waals surface area contributed by atoms with Crippen molar-refractivity contribution in [2.75, 3.05) is 11.9 Å². The number of amides is 2. The summed E-state index contributed by atoms with van der Waals surface area (Å²) >= 11 is 2.11. The maximum atomic E-state index is 12.4. The summed E-state index contributed by atoms with van der Waals surface area (Å²) in [5, 5.41) is 5.40. The number of hydrogen-bond donors (Lipinski definition) is 2. The first-order valence-electron chi connectivity index (χ1n) is 8.91. The Balaban J connectivity index is 1.87. The van der Waals surface area contributed by atoms with Crippen molar-refractivity contribution in [1.82, 2.24) is 5.32 Å². The maximum absolute atomic E-state index is 12.4. The molecule has 0 aliphatic heterocycles. The van der Waals surface area contributed by atoms with E-state index in [0.29, 0.717) is 5.69 Å². The first-order valence-corrected chi connectivity index (χ1v) is 9.99. The van der Waals surface area contributed by atoms with Gasteiger partial charge < -0.3 is 15.4 Å². The summed E-state index contributed by atoms with van der Waals surface area (Å²) in [6.45, 7) is 3.20. The van der Waals surface area contributed by atoms with Gasteiger partial charge in [0.25, 0.3) is 5.91 Å². The van der Waals surface area contributed by atoms with Crippen LogP contribution < -0.4 is 10.6 Å². The van der Waals surface area contributed by atoms with Gasteiger partial charge in [0.05, 0.1) is 12.1 Å². The first kappa shape index (κ1) is 21.9. The topological polar surface area (TPSA) is 84.5 Å². The van der Waals surface area contributed by atoms with Gasteiger partial charge in [-0.1, -0.05) is 56.3 Å². The van der Waals surface area contributed by atoms with Gasteiger partial charge in [-0.25, -0.2) is 4.79 Å². The fourth-order valence-electron chi connectivity index (χ4n) is 2.48. The summed E-state index contributed by atoms with van der Waals surface area (Å²) in [4.78, 5) is 36.7. The summed E-state index contributed by atoms with van der Waals surface area (Å²) in [5.74, 6) is -1.51. The molecule has 0 radical (unpaired) electrons. The number of carbonyl (C=O) groups excluding carboxylic acids is 3. The second-order valence-corrected chi connectivity index (χ2v) is 7.75. The molecule has 0 aliphatic rings. The first-order chi connectivity index (χ1) is 13.4. The van der Waals surface area contributed by atoms with Crippen LogP contribution in [0.25, 0.3) is 0 Å². The van der Waals surface area contributed by atoms with E-state index >= 15 is 0 Å². The Hall–Kier alpha value is -2.42. The van der Waals surface area contributed by atoms with Gasteiger partial charge in [-0.2, -0.15) is 0 Å². The molecule has 28 heavy (non-hydrogen) atoms. The molecule has 0 aliphatic carbocycles. The molecule has 1 atom stereocenters. The number of rotatable bonds is 8. The molecule has 0 spiro atoms. The Morgan fingerprint density at radius 1 is 0.964 bits per heavy atom. The van der Waals surface area contributed by atoms with Crippen molar-refractivity contribution >= 4 is 46.1 Å². The average Bonchev–Trinajstić information content (AvgIpc) is 2.66. The highest BCUT2D eigenvalue weighted by Gasteiger charge is 2.26. The van der Waals surface area contributed by atoms with Crippen molar-refractivity contribution in [3.8, 4) is 0 Å². The van der Waals surface area contributed by atoms with Crippen molar-refractivity contribution in [2.24, 2.45) is 5.92 Å². The van der Waals surface area contributed by atoms with E-state index in [1.165, 1.54) is 0 Å². The summed E-state index contributed by atoms with van der Waals surface area (Å²) < 4.78 is 6.00. The van der Waals surface area contributed by atoms with Gasteiger partial charge in [0.1, 0.15) is 6.04 Å². The molecule has 0 saturated heterocycles. The molecule has 7 heteroatoms. The molecule has 2 rings (SSSR count). The molecule has 0 heterocycles. The Morgan fingerprint density at radius 2 is 1.61 bits per heavy atom. The highest BCUT2D eigenvalue weighted by Crippen LogP contribution is 2.16. The quantitative estimate of drug-likeness (QED) is 0.437. The zero-order valence-corrected chi connectivity index (χ0v) is 17.9. The third-order valence-electron chi connectivity index (χ3n) is 3.94. The summed E-state index contributed by atoms with van der Waals surface area (Å²) in [5.41, 5.74) is 1.51. The number of anilines is 1. The molecule has 0 saturated carbocycles. The van der Waals surface area contributed by atoms with Crippen molar-refractivity contribution in [3.63, 3.8) is 0 Å². The highest BCUT2D eigenvalue weighted by atomic mass is 127. The molecule has 2 aromatic rings. The van der Waals surface area contributed by atoms with E-state index in [-0.39, 0.29) is 18.2 Å². The van der Waals surface area contributed by atoms with Crippen LogP contribution in [-0.2, 0) is 25.5 Å². The molecule has 0 fully saturated rings. The lowest BCUT2D eigenvalue weighted by molar-refractivity contribution is -0.151. The SMILES string of the molecule is CC(C)C(NC(=O)Cc1ccccc1)C(=O)OCC(=O)Nc1ccccc1I. The molecular formula is C21H23IN2O4. The van der Waals surface area contributed by atoms with Gasteiger partial charge >= 0.3 is 5.97 Å². The normalized spacial score (nSPS) is 11.6. The lowest BCUT2D eigenvalue weighted by Gasteiger charge is -2.21. The number of nitrogens with one attached hydrogen (secondary N) is 2. The molecule has 0 aromatic heterocycles. The Morgan fingerprint density at radius 3 is 2.25 bits per heavy atom. The molecule has 1 unspecified atom stereocenters. The number of benzene rings is 2. The predicted molar refractivity (Wildman–Crippen MR) is 116 cm³/mol. The summed E-state index contributed by atoms with van der Waals surface area (Å²) in [7, 11) is 0. The fraction of sp³-hybridized carbons (Fsp3) is 0.286. The molecular weight excluding hydrogens is 471 g/mol. The van der Waals surface area contributed by atoms with Crippen molar-refractivity contribution < 1.29 is 19.1 Å². The zero-order valence-electron chi connectivity index (χ0n) is 15.8. The second kappa shape index (κ2) is 10.8. The van der Waals surface area contributed by atoms with E-state index in [9.17, 15) is 14.4 Å².